The summed E-state index contributed by atoms with van der Waals surface area (Å²) in [5.41, 5.74) is 5.88. The van der Waals surface area contributed by atoms with Gasteiger partial charge in [-0.3, -0.25) is 0 Å². The zero-order valence-corrected chi connectivity index (χ0v) is 10.7. The van der Waals surface area contributed by atoms with E-state index in [2.05, 4.69) is 16.6 Å². The molecule has 0 unspecified atom stereocenters. The third-order valence-corrected chi connectivity index (χ3v) is 3.65. The lowest BCUT2D eigenvalue weighted by Gasteiger charge is -2.07. The van der Waals surface area contributed by atoms with Gasteiger partial charge in [0.1, 0.15) is 6.07 Å². The fraction of sp³-hybridized carbons (Fsp3) is 0.250. The van der Waals surface area contributed by atoms with Crippen molar-refractivity contribution in [2.45, 2.75) is 18.2 Å². The Morgan fingerprint density at radius 1 is 1.44 bits per heavy atom. The van der Waals surface area contributed by atoms with Crippen molar-refractivity contribution in [3.05, 3.63) is 23.8 Å². The standard InChI is InChI=1S/C12H13N3O2S/c1-2-3-4-7-15-18(16,17)12-6-5-11(14)8-10(12)9-13/h5-6,8,15H,4,7,14H2,1H3. The van der Waals surface area contributed by atoms with E-state index in [1.54, 1.807) is 6.92 Å². The second-order valence-corrected chi connectivity index (χ2v) is 5.18. The predicted octanol–water partition coefficient (Wildman–Crippen LogP) is 0.832. The second kappa shape index (κ2) is 6.06. The molecule has 0 atom stereocenters. The van der Waals surface area contributed by atoms with E-state index in [1.807, 2.05) is 6.07 Å². The Morgan fingerprint density at radius 3 is 2.78 bits per heavy atom. The van der Waals surface area contributed by atoms with Gasteiger partial charge in [-0.05, 0) is 25.1 Å². The quantitative estimate of drug-likeness (QED) is 0.478. The van der Waals surface area contributed by atoms with Crippen molar-refractivity contribution in [1.82, 2.24) is 4.72 Å². The molecule has 0 aliphatic carbocycles. The molecule has 0 radical (unpaired) electrons. The molecular formula is C12H13N3O2S. The number of nitrogens with one attached hydrogen (secondary N) is 1. The maximum Gasteiger partial charge on any atom is 0.241 e. The molecule has 3 N–H and O–H groups in total. The van der Waals surface area contributed by atoms with E-state index < -0.39 is 10.0 Å². The van der Waals surface area contributed by atoms with Gasteiger partial charge in [-0.2, -0.15) is 5.26 Å². The average molecular weight is 263 g/mol. The molecule has 1 aromatic carbocycles. The molecule has 0 aromatic heterocycles. The van der Waals surface area contributed by atoms with Crippen LogP contribution in [0.4, 0.5) is 5.69 Å². The van der Waals surface area contributed by atoms with E-state index >= 15 is 0 Å². The number of nitrogen functional groups attached to an aromatic ring is 1. The molecule has 94 valence electrons. The highest BCUT2D eigenvalue weighted by molar-refractivity contribution is 7.89. The molecule has 0 fully saturated rings. The molecule has 0 spiro atoms. The smallest absolute Gasteiger partial charge is 0.241 e. The zero-order chi connectivity index (χ0) is 13.6. The average Bonchev–Trinajstić information content (AvgIpc) is 2.34. The summed E-state index contributed by atoms with van der Waals surface area (Å²) in [5, 5.41) is 8.90. The van der Waals surface area contributed by atoms with Gasteiger partial charge < -0.3 is 5.73 Å². The molecule has 1 rings (SSSR count). The number of nitrogens with two attached hydrogens (primary N) is 1. The molecule has 0 heterocycles. The van der Waals surface area contributed by atoms with Crippen molar-refractivity contribution in [2.24, 2.45) is 0 Å². The van der Waals surface area contributed by atoms with Gasteiger partial charge in [0, 0.05) is 18.7 Å². The fourth-order valence-electron chi connectivity index (χ4n) is 1.32. The lowest BCUT2D eigenvalue weighted by molar-refractivity contribution is 0.582. The van der Waals surface area contributed by atoms with Gasteiger partial charge in [-0.1, -0.05) is 0 Å². The Kier molecular flexibility index (Phi) is 4.73. The summed E-state index contributed by atoms with van der Waals surface area (Å²) in [5.74, 6) is 5.42. The number of hydrogen-bond donors (Lipinski definition) is 2. The van der Waals surface area contributed by atoms with E-state index in [4.69, 9.17) is 11.0 Å². The first-order chi connectivity index (χ1) is 8.51. The lowest BCUT2D eigenvalue weighted by Crippen LogP contribution is -2.25. The molecule has 5 nitrogen and oxygen atoms in total. The van der Waals surface area contributed by atoms with E-state index in [0.717, 1.165) is 0 Å². The minimum Gasteiger partial charge on any atom is -0.399 e. The first-order valence-corrected chi connectivity index (χ1v) is 6.68. The number of anilines is 1. The molecule has 0 saturated carbocycles. The van der Waals surface area contributed by atoms with Gasteiger partial charge in [-0.25, -0.2) is 13.1 Å². The Labute approximate surface area is 107 Å². The fourth-order valence-corrected chi connectivity index (χ4v) is 2.49. The first-order valence-electron chi connectivity index (χ1n) is 5.20. The maximum atomic E-state index is 11.9. The summed E-state index contributed by atoms with van der Waals surface area (Å²) in [4.78, 5) is -0.0661. The van der Waals surface area contributed by atoms with Crippen LogP contribution in [0.15, 0.2) is 23.1 Å². The monoisotopic (exact) mass is 263 g/mol. The van der Waals surface area contributed by atoms with Crippen LogP contribution in [-0.2, 0) is 10.0 Å². The van der Waals surface area contributed by atoms with Crippen molar-refractivity contribution in [3.63, 3.8) is 0 Å². The third kappa shape index (κ3) is 3.49. The normalized spacial score (nSPS) is 10.2. The highest BCUT2D eigenvalue weighted by Crippen LogP contribution is 2.17. The maximum absolute atomic E-state index is 11.9. The van der Waals surface area contributed by atoms with Crippen LogP contribution in [-0.4, -0.2) is 15.0 Å². The summed E-state index contributed by atoms with van der Waals surface area (Å²) in [6.45, 7) is 1.89. The van der Waals surface area contributed by atoms with Gasteiger partial charge in [-0.15, -0.1) is 11.8 Å². The third-order valence-electron chi connectivity index (χ3n) is 2.13. The Morgan fingerprint density at radius 2 is 2.17 bits per heavy atom. The molecule has 0 saturated heterocycles. The van der Waals surface area contributed by atoms with Gasteiger partial charge in [0.15, 0.2) is 0 Å². The number of rotatable bonds is 4. The number of sulfonamides is 1. The van der Waals surface area contributed by atoms with E-state index in [-0.39, 0.29) is 17.0 Å². The van der Waals surface area contributed by atoms with Crippen molar-refractivity contribution >= 4 is 15.7 Å². The predicted molar refractivity (Wildman–Crippen MR) is 68.8 cm³/mol. The Bertz CT molecular complexity index is 634. The number of hydrogen-bond acceptors (Lipinski definition) is 4. The molecule has 0 amide bonds. The van der Waals surface area contributed by atoms with Crippen molar-refractivity contribution < 1.29 is 8.42 Å². The Balaban J connectivity index is 2.98. The summed E-state index contributed by atoms with van der Waals surface area (Å²) in [6, 6.07) is 5.92. The molecule has 18 heavy (non-hydrogen) atoms. The van der Waals surface area contributed by atoms with Crippen LogP contribution in [0, 0.1) is 23.2 Å². The van der Waals surface area contributed by atoms with E-state index in [0.29, 0.717) is 12.1 Å². The van der Waals surface area contributed by atoms with Crippen molar-refractivity contribution in [3.8, 4) is 17.9 Å². The van der Waals surface area contributed by atoms with Crippen LogP contribution >= 0.6 is 0 Å². The van der Waals surface area contributed by atoms with Crippen LogP contribution in [0.1, 0.15) is 18.9 Å². The minimum absolute atomic E-state index is 0.0316. The van der Waals surface area contributed by atoms with Crippen molar-refractivity contribution in [2.75, 3.05) is 12.3 Å². The van der Waals surface area contributed by atoms with Crippen molar-refractivity contribution in [1.29, 1.82) is 5.26 Å². The molecule has 6 heteroatoms. The molecule has 0 aliphatic heterocycles. The van der Waals surface area contributed by atoms with Gasteiger partial charge in [0.25, 0.3) is 0 Å². The summed E-state index contributed by atoms with van der Waals surface area (Å²) in [6.07, 6.45) is 0.423. The van der Waals surface area contributed by atoms with Gasteiger partial charge >= 0.3 is 0 Å². The highest BCUT2D eigenvalue weighted by atomic mass is 32.2. The van der Waals surface area contributed by atoms with Crippen LogP contribution in [0.25, 0.3) is 0 Å². The first kappa shape index (κ1) is 14.0. The molecule has 0 bridgehead atoms. The highest BCUT2D eigenvalue weighted by Gasteiger charge is 2.17. The largest absolute Gasteiger partial charge is 0.399 e. The number of nitrogens with zero attached hydrogens (tertiary/aromatic N) is 1. The van der Waals surface area contributed by atoms with Crippen LogP contribution in [0.2, 0.25) is 0 Å². The second-order valence-electron chi connectivity index (χ2n) is 3.44. The molecular weight excluding hydrogens is 250 g/mol. The van der Waals surface area contributed by atoms with E-state index in [9.17, 15) is 8.42 Å². The van der Waals surface area contributed by atoms with Gasteiger partial charge in [0.2, 0.25) is 10.0 Å². The topological polar surface area (TPSA) is 96.0 Å². The number of benzene rings is 1. The SMILES string of the molecule is CC#CCCNS(=O)(=O)c1ccc(N)cc1C#N. The van der Waals surface area contributed by atoms with E-state index in [1.165, 1.54) is 18.2 Å². The Hall–Kier alpha value is -2.02. The van der Waals surface area contributed by atoms with Gasteiger partial charge in [0.05, 0.1) is 10.5 Å². The van der Waals surface area contributed by atoms with Crippen LogP contribution in [0.3, 0.4) is 0 Å². The molecule has 1 aromatic rings. The number of nitriles is 1. The minimum atomic E-state index is -3.70. The van der Waals surface area contributed by atoms with Crippen LogP contribution in [0.5, 0.6) is 0 Å². The van der Waals surface area contributed by atoms with Crippen LogP contribution < -0.4 is 10.5 Å². The lowest BCUT2D eigenvalue weighted by atomic mass is 10.2. The summed E-state index contributed by atoms with van der Waals surface area (Å²) < 4.78 is 26.3. The summed E-state index contributed by atoms with van der Waals surface area (Å²) in [7, 11) is -3.70. The zero-order valence-electron chi connectivity index (χ0n) is 9.90. The summed E-state index contributed by atoms with van der Waals surface area (Å²) >= 11 is 0. The molecule has 0 aliphatic rings.